The minimum atomic E-state index is -0.333. The molecule has 0 N–H and O–H groups in total. The van der Waals surface area contributed by atoms with Crippen LogP contribution in [0.2, 0.25) is 0 Å². The Labute approximate surface area is 138 Å². The summed E-state index contributed by atoms with van der Waals surface area (Å²) in [6.07, 6.45) is 0. The fraction of sp³-hybridized carbons (Fsp3) is 0.588. The van der Waals surface area contributed by atoms with Gasteiger partial charge in [0.25, 0.3) is 0 Å². The first-order valence-corrected chi connectivity index (χ1v) is 7.80. The minimum Gasteiger partial charge on any atom is -0.460 e. The topological polar surface area (TPSA) is 57.2 Å². The van der Waals surface area contributed by atoms with Crippen LogP contribution in [0.15, 0.2) is 30.3 Å². The Balaban J connectivity index is 1.84. The monoisotopic (exact) mass is 325 g/mol. The maximum atomic E-state index is 11.6. The molecular formula is C17H27NO5. The van der Waals surface area contributed by atoms with Crippen molar-refractivity contribution in [1.82, 2.24) is 4.90 Å². The van der Waals surface area contributed by atoms with Crippen LogP contribution in [0.3, 0.4) is 0 Å². The van der Waals surface area contributed by atoms with E-state index in [0.717, 1.165) is 6.54 Å². The molecule has 0 aromatic heterocycles. The smallest absolute Gasteiger partial charge is 0.338 e. The summed E-state index contributed by atoms with van der Waals surface area (Å²) in [4.78, 5) is 13.7. The summed E-state index contributed by atoms with van der Waals surface area (Å²) < 4.78 is 21.2. The third-order valence-corrected chi connectivity index (χ3v) is 2.90. The zero-order valence-electron chi connectivity index (χ0n) is 14.0. The van der Waals surface area contributed by atoms with E-state index in [9.17, 15) is 4.79 Å². The quantitative estimate of drug-likeness (QED) is 0.404. The number of carbonyl (C=O) groups excluding carboxylic acids is 1. The number of ether oxygens (including phenoxy) is 4. The third kappa shape index (κ3) is 10.8. The van der Waals surface area contributed by atoms with Gasteiger partial charge < -0.3 is 23.8 Å². The highest BCUT2D eigenvalue weighted by atomic mass is 16.6. The molecule has 0 fully saturated rings. The number of hydrogen-bond acceptors (Lipinski definition) is 6. The fourth-order valence-electron chi connectivity index (χ4n) is 1.64. The van der Waals surface area contributed by atoms with Gasteiger partial charge in [0.05, 0.1) is 45.2 Å². The van der Waals surface area contributed by atoms with Gasteiger partial charge in [-0.25, -0.2) is 4.79 Å². The molecule has 0 spiro atoms. The lowest BCUT2D eigenvalue weighted by molar-refractivity contribution is -0.000597. The summed E-state index contributed by atoms with van der Waals surface area (Å²) >= 11 is 0. The van der Waals surface area contributed by atoms with Crippen LogP contribution in [-0.2, 0) is 18.9 Å². The van der Waals surface area contributed by atoms with Gasteiger partial charge in [-0.2, -0.15) is 0 Å². The van der Waals surface area contributed by atoms with Crippen LogP contribution in [0.1, 0.15) is 10.4 Å². The van der Waals surface area contributed by atoms with E-state index in [2.05, 4.69) is 4.90 Å². The van der Waals surface area contributed by atoms with Crippen molar-refractivity contribution in [3.63, 3.8) is 0 Å². The summed E-state index contributed by atoms with van der Waals surface area (Å²) in [6.45, 7) is 4.33. The van der Waals surface area contributed by atoms with Gasteiger partial charge in [0, 0.05) is 6.54 Å². The molecule has 0 amide bonds. The number of carbonyl (C=O) groups is 1. The van der Waals surface area contributed by atoms with Crippen LogP contribution in [0.25, 0.3) is 0 Å². The van der Waals surface area contributed by atoms with Crippen LogP contribution in [0, 0.1) is 0 Å². The summed E-state index contributed by atoms with van der Waals surface area (Å²) in [5.41, 5.74) is 0.546. The summed E-state index contributed by atoms with van der Waals surface area (Å²) in [7, 11) is 4.02. The summed E-state index contributed by atoms with van der Waals surface area (Å²) in [6, 6.07) is 8.89. The van der Waals surface area contributed by atoms with Gasteiger partial charge in [-0.3, -0.25) is 0 Å². The van der Waals surface area contributed by atoms with Crippen LogP contribution in [0.4, 0.5) is 0 Å². The van der Waals surface area contributed by atoms with Gasteiger partial charge >= 0.3 is 5.97 Å². The normalized spacial score (nSPS) is 10.9. The molecule has 0 unspecified atom stereocenters. The Morgan fingerprint density at radius 1 is 0.826 bits per heavy atom. The first kappa shape index (κ1) is 19.6. The lowest BCUT2D eigenvalue weighted by atomic mass is 10.2. The van der Waals surface area contributed by atoms with E-state index in [1.165, 1.54) is 0 Å². The molecule has 6 nitrogen and oxygen atoms in total. The number of nitrogens with zero attached hydrogens (tertiary/aromatic N) is 1. The number of hydrogen-bond donors (Lipinski definition) is 0. The van der Waals surface area contributed by atoms with E-state index < -0.39 is 0 Å². The molecule has 0 aliphatic rings. The van der Waals surface area contributed by atoms with Crippen LogP contribution in [-0.4, -0.2) is 77.8 Å². The van der Waals surface area contributed by atoms with Gasteiger partial charge in [-0.15, -0.1) is 0 Å². The van der Waals surface area contributed by atoms with Crippen molar-refractivity contribution in [3.8, 4) is 0 Å². The second-order valence-electron chi connectivity index (χ2n) is 5.14. The maximum absolute atomic E-state index is 11.6. The van der Waals surface area contributed by atoms with E-state index in [-0.39, 0.29) is 12.6 Å². The van der Waals surface area contributed by atoms with Gasteiger partial charge in [0.1, 0.15) is 6.61 Å². The molecule has 23 heavy (non-hydrogen) atoms. The largest absolute Gasteiger partial charge is 0.460 e. The second-order valence-corrected chi connectivity index (χ2v) is 5.14. The summed E-state index contributed by atoms with van der Waals surface area (Å²) in [5, 5.41) is 0. The van der Waals surface area contributed by atoms with Crippen molar-refractivity contribution in [2.24, 2.45) is 0 Å². The molecule has 6 heteroatoms. The zero-order valence-corrected chi connectivity index (χ0v) is 14.0. The highest BCUT2D eigenvalue weighted by Gasteiger charge is 2.04. The average Bonchev–Trinajstić information content (AvgIpc) is 2.56. The van der Waals surface area contributed by atoms with Crippen LogP contribution in [0.5, 0.6) is 0 Å². The van der Waals surface area contributed by atoms with Crippen molar-refractivity contribution < 1.29 is 23.7 Å². The predicted octanol–water partition coefficient (Wildman–Crippen LogP) is 1.45. The molecule has 130 valence electrons. The molecule has 0 atom stereocenters. The van der Waals surface area contributed by atoms with Crippen LogP contribution < -0.4 is 0 Å². The lowest BCUT2D eigenvalue weighted by Gasteiger charge is -2.10. The van der Waals surface area contributed by atoms with Crippen LogP contribution >= 0.6 is 0 Å². The number of esters is 1. The Bertz CT molecular complexity index is 411. The third-order valence-electron chi connectivity index (χ3n) is 2.90. The molecule has 0 aliphatic heterocycles. The molecule has 1 aromatic rings. The predicted molar refractivity (Wildman–Crippen MR) is 87.7 cm³/mol. The van der Waals surface area contributed by atoms with E-state index in [1.807, 2.05) is 20.2 Å². The highest BCUT2D eigenvalue weighted by Crippen LogP contribution is 2.00. The Kier molecular flexibility index (Phi) is 11.1. The molecule has 1 aromatic carbocycles. The molecule has 0 heterocycles. The Hall–Kier alpha value is -1.47. The number of benzene rings is 1. The zero-order chi connectivity index (χ0) is 16.8. The molecule has 0 bridgehead atoms. The van der Waals surface area contributed by atoms with E-state index in [1.54, 1.807) is 24.3 Å². The first-order valence-electron chi connectivity index (χ1n) is 7.80. The minimum absolute atomic E-state index is 0.237. The SMILES string of the molecule is CN(C)CCOCCOCCOCCOC(=O)c1ccccc1. The summed E-state index contributed by atoms with van der Waals surface area (Å²) in [5.74, 6) is -0.333. The Morgan fingerprint density at radius 3 is 1.91 bits per heavy atom. The van der Waals surface area contributed by atoms with Gasteiger partial charge in [-0.05, 0) is 26.2 Å². The maximum Gasteiger partial charge on any atom is 0.338 e. The van der Waals surface area contributed by atoms with E-state index >= 15 is 0 Å². The molecular weight excluding hydrogens is 298 g/mol. The van der Waals surface area contributed by atoms with Crippen molar-refractivity contribution >= 4 is 5.97 Å². The molecule has 0 radical (unpaired) electrons. The molecule has 1 rings (SSSR count). The van der Waals surface area contributed by atoms with Crippen molar-refractivity contribution in [1.29, 1.82) is 0 Å². The number of rotatable bonds is 13. The van der Waals surface area contributed by atoms with E-state index in [0.29, 0.717) is 45.2 Å². The molecule has 0 saturated carbocycles. The molecule has 0 saturated heterocycles. The number of likely N-dealkylation sites (N-methyl/N-ethyl adjacent to an activating group) is 1. The van der Waals surface area contributed by atoms with Gasteiger partial charge in [0.15, 0.2) is 0 Å². The highest BCUT2D eigenvalue weighted by molar-refractivity contribution is 5.89. The van der Waals surface area contributed by atoms with Crippen molar-refractivity contribution in [2.75, 3.05) is 66.9 Å². The van der Waals surface area contributed by atoms with Gasteiger partial charge in [0.2, 0.25) is 0 Å². The first-order chi connectivity index (χ1) is 11.2. The second kappa shape index (κ2) is 13.0. The molecule has 0 aliphatic carbocycles. The van der Waals surface area contributed by atoms with Gasteiger partial charge in [-0.1, -0.05) is 18.2 Å². The standard InChI is InChI=1S/C17H27NO5/c1-18(2)8-9-20-10-11-21-12-13-22-14-15-23-17(19)16-6-4-3-5-7-16/h3-7H,8-15H2,1-2H3. The van der Waals surface area contributed by atoms with E-state index in [4.69, 9.17) is 18.9 Å². The van der Waals surface area contributed by atoms with Crippen molar-refractivity contribution in [3.05, 3.63) is 35.9 Å². The lowest BCUT2D eigenvalue weighted by Crippen LogP contribution is -2.19. The van der Waals surface area contributed by atoms with Crippen molar-refractivity contribution in [2.45, 2.75) is 0 Å². The Morgan fingerprint density at radius 2 is 1.35 bits per heavy atom. The average molecular weight is 325 g/mol. The fourth-order valence-corrected chi connectivity index (χ4v) is 1.64.